The standard InChI is InChI=1S/C20H17Cl3N2O2S/c1-11-18(28-20(25-11)14-5-3-4-6-15(14)22)10-24-19(26)12(2)27-17-8-7-13(21)9-16(17)23/h3-9,12H,10H2,1-2H3,(H,24,26). The van der Waals surface area contributed by atoms with Gasteiger partial charge in [0, 0.05) is 15.5 Å². The predicted octanol–water partition coefficient (Wildman–Crippen LogP) is 6.16. The molecule has 0 spiro atoms. The lowest BCUT2D eigenvalue weighted by Crippen LogP contribution is -2.35. The molecule has 2 aromatic carbocycles. The van der Waals surface area contributed by atoms with E-state index in [-0.39, 0.29) is 5.91 Å². The first-order valence-corrected chi connectivity index (χ1v) is 10.4. The van der Waals surface area contributed by atoms with Crippen molar-refractivity contribution in [2.45, 2.75) is 26.5 Å². The van der Waals surface area contributed by atoms with Crippen molar-refractivity contribution in [2.75, 3.05) is 0 Å². The third-order valence-corrected chi connectivity index (χ3v) is 6.04. The van der Waals surface area contributed by atoms with Gasteiger partial charge in [0.05, 0.1) is 22.3 Å². The molecule has 0 aliphatic heterocycles. The molecule has 0 radical (unpaired) electrons. The molecule has 1 N–H and O–H groups in total. The summed E-state index contributed by atoms with van der Waals surface area (Å²) in [5.74, 6) is 0.154. The number of carbonyl (C=O) groups is 1. The molecule has 8 heteroatoms. The third kappa shape index (κ3) is 4.97. The first-order chi connectivity index (χ1) is 13.3. The van der Waals surface area contributed by atoms with Crippen LogP contribution in [0.2, 0.25) is 15.1 Å². The van der Waals surface area contributed by atoms with Crippen molar-refractivity contribution in [1.29, 1.82) is 0 Å². The Morgan fingerprint density at radius 3 is 2.64 bits per heavy atom. The number of carbonyl (C=O) groups excluding carboxylic acids is 1. The van der Waals surface area contributed by atoms with Crippen LogP contribution in [0.1, 0.15) is 17.5 Å². The number of nitrogens with one attached hydrogen (secondary N) is 1. The number of thiazole rings is 1. The molecule has 0 fully saturated rings. The largest absolute Gasteiger partial charge is 0.479 e. The van der Waals surface area contributed by atoms with Gasteiger partial charge in [0.2, 0.25) is 0 Å². The van der Waals surface area contributed by atoms with Gasteiger partial charge in [0.15, 0.2) is 6.10 Å². The van der Waals surface area contributed by atoms with Crippen LogP contribution in [0.4, 0.5) is 0 Å². The van der Waals surface area contributed by atoms with E-state index in [1.54, 1.807) is 25.1 Å². The van der Waals surface area contributed by atoms with Gasteiger partial charge in [-0.2, -0.15) is 0 Å². The Bertz CT molecular complexity index is 1010. The fraction of sp³-hybridized carbons (Fsp3) is 0.200. The van der Waals surface area contributed by atoms with Crippen LogP contribution >= 0.6 is 46.1 Å². The van der Waals surface area contributed by atoms with E-state index in [0.717, 1.165) is 21.1 Å². The molecule has 1 heterocycles. The van der Waals surface area contributed by atoms with Crippen molar-refractivity contribution in [3.05, 3.63) is 68.1 Å². The average Bonchev–Trinajstić information content (AvgIpc) is 3.02. The van der Waals surface area contributed by atoms with Gasteiger partial charge < -0.3 is 10.1 Å². The van der Waals surface area contributed by atoms with Crippen LogP contribution in [0, 0.1) is 6.92 Å². The number of nitrogens with zero attached hydrogens (tertiary/aromatic N) is 1. The van der Waals surface area contributed by atoms with Crippen molar-refractivity contribution in [1.82, 2.24) is 10.3 Å². The number of aromatic nitrogens is 1. The van der Waals surface area contributed by atoms with E-state index in [4.69, 9.17) is 39.5 Å². The summed E-state index contributed by atoms with van der Waals surface area (Å²) in [6.07, 6.45) is -0.713. The number of hydrogen-bond donors (Lipinski definition) is 1. The van der Waals surface area contributed by atoms with Crippen molar-refractivity contribution >= 4 is 52.0 Å². The minimum Gasteiger partial charge on any atom is -0.479 e. The summed E-state index contributed by atoms with van der Waals surface area (Å²) >= 11 is 19.7. The maximum Gasteiger partial charge on any atom is 0.261 e. The Kier molecular flexibility index (Phi) is 6.83. The highest BCUT2D eigenvalue weighted by Crippen LogP contribution is 2.33. The van der Waals surface area contributed by atoms with Gasteiger partial charge in [0.25, 0.3) is 5.91 Å². The molecule has 28 heavy (non-hydrogen) atoms. The van der Waals surface area contributed by atoms with Crippen LogP contribution in [0.5, 0.6) is 5.75 Å². The van der Waals surface area contributed by atoms with E-state index in [9.17, 15) is 4.79 Å². The van der Waals surface area contributed by atoms with E-state index in [0.29, 0.717) is 27.4 Å². The fourth-order valence-corrected chi connectivity index (χ4v) is 4.24. The topological polar surface area (TPSA) is 51.2 Å². The first-order valence-electron chi connectivity index (χ1n) is 8.45. The lowest BCUT2D eigenvalue weighted by molar-refractivity contribution is -0.127. The molecule has 1 atom stereocenters. The maximum absolute atomic E-state index is 12.4. The molecule has 0 saturated carbocycles. The van der Waals surface area contributed by atoms with Crippen molar-refractivity contribution in [3.63, 3.8) is 0 Å². The van der Waals surface area contributed by atoms with Gasteiger partial charge in [-0.1, -0.05) is 53.0 Å². The highest BCUT2D eigenvalue weighted by molar-refractivity contribution is 7.15. The summed E-state index contributed by atoms with van der Waals surface area (Å²) in [6, 6.07) is 12.4. The number of aryl methyl sites for hydroxylation is 1. The summed E-state index contributed by atoms with van der Waals surface area (Å²) in [5, 5.41) is 5.21. The maximum atomic E-state index is 12.4. The second kappa shape index (κ2) is 9.14. The molecule has 3 aromatic rings. The number of rotatable bonds is 6. The van der Waals surface area contributed by atoms with E-state index in [1.165, 1.54) is 11.3 Å². The van der Waals surface area contributed by atoms with Crippen molar-refractivity contribution in [3.8, 4) is 16.3 Å². The van der Waals surface area contributed by atoms with Crippen molar-refractivity contribution in [2.24, 2.45) is 0 Å². The van der Waals surface area contributed by atoms with Crippen LogP contribution in [-0.4, -0.2) is 17.0 Å². The zero-order valence-corrected chi connectivity index (χ0v) is 18.2. The zero-order chi connectivity index (χ0) is 20.3. The minimum absolute atomic E-state index is 0.252. The zero-order valence-electron chi connectivity index (χ0n) is 15.1. The lowest BCUT2D eigenvalue weighted by Gasteiger charge is -2.15. The Labute approximate surface area is 182 Å². The summed E-state index contributed by atoms with van der Waals surface area (Å²) < 4.78 is 5.64. The Morgan fingerprint density at radius 2 is 1.93 bits per heavy atom. The number of ether oxygens (including phenoxy) is 1. The van der Waals surface area contributed by atoms with E-state index < -0.39 is 6.10 Å². The third-order valence-electron chi connectivity index (χ3n) is 3.99. The number of benzene rings is 2. The van der Waals surface area contributed by atoms with Crippen LogP contribution in [0.3, 0.4) is 0 Å². The van der Waals surface area contributed by atoms with Crippen LogP contribution < -0.4 is 10.1 Å². The molecule has 0 saturated heterocycles. The van der Waals surface area contributed by atoms with Crippen molar-refractivity contribution < 1.29 is 9.53 Å². The van der Waals surface area contributed by atoms with Gasteiger partial charge >= 0.3 is 0 Å². The second-order valence-corrected chi connectivity index (χ2v) is 8.39. The highest BCUT2D eigenvalue weighted by Gasteiger charge is 2.18. The summed E-state index contributed by atoms with van der Waals surface area (Å²) in [4.78, 5) is 17.9. The molecule has 3 rings (SSSR count). The van der Waals surface area contributed by atoms with Gasteiger partial charge in [-0.05, 0) is 38.1 Å². The van der Waals surface area contributed by atoms with Crippen LogP contribution in [0.25, 0.3) is 10.6 Å². The van der Waals surface area contributed by atoms with Gasteiger partial charge in [0.1, 0.15) is 10.8 Å². The fourth-order valence-electron chi connectivity index (χ4n) is 2.47. The van der Waals surface area contributed by atoms with Crippen LogP contribution in [0.15, 0.2) is 42.5 Å². The monoisotopic (exact) mass is 454 g/mol. The molecule has 0 aliphatic carbocycles. The van der Waals surface area contributed by atoms with Gasteiger partial charge in [-0.25, -0.2) is 4.98 Å². The lowest BCUT2D eigenvalue weighted by atomic mass is 10.2. The summed E-state index contributed by atoms with van der Waals surface area (Å²) in [7, 11) is 0. The summed E-state index contributed by atoms with van der Waals surface area (Å²) in [6.45, 7) is 3.93. The molecule has 0 aliphatic rings. The summed E-state index contributed by atoms with van der Waals surface area (Å²) in [5.41, 5.74) is 1.73. The first kappa shape index (κ1) is 20.9. The Balaban J connectivity index is 1.63. The quantitative estimate of drug-likeness (QED) is 0.484. The predicted molar refractivity (Wildman–Crippen MR) is 116 cm³/mol. The van der Waals surface area contributed by atoms with E-state index in [1.807, 2.05) is 31.2 Å². The average molecular weight is 456 g/mol. The minimum atomic E-state index is -0.713. The second-order valence-electron chi connectivity index (χ2n) is 6.06. The van der Waals surface area contributed by atoms with Crippen LogP contribution in [-0.2, 0) is 11.3 Å². The molecular weight excluding hydrogens is 439 g/mol. The molecule has 146 valence electrons. The highest BCUT2D eigenvalue weighted by atomic mass is 35.5. The number of amides is 1. The van der Waals surface area contributed by atoms with E-state index >= 15 is 0 Å². The molecule has 1 aromatic heterocycles. The van der Waals surface area contributed by atoms with Gasteiger partial charge in [-0.3, -0.25) is 4.79 Å². The molecular formula is C20H17Cl3N2O2S. The molecule has 1 amide bonds. The number of hydrogen-bond acceptors (Lipinski definition) is 4. The SMILES string of the molecule is Cc1nc(-c2ccccc2Cl)sc1CNC(=O)C(C)Oc1ccc(Cl)cc1Cl. The van der Waals surface area contributed by atoms with Gasteiger partial charge in [-0.15, -0.1) is 11.3 Å². The molecule has 1 unspecified atom stereocenters. The normalized spacial score (nSPS) is 11.9. The molecule has 4 nitrogen and oxygen atoms in total. The molecule has 0 bridgehead atoms. The Morgan fingerprint density at radius 1 is 1.18 bits per heavy atom. The van der Waals surface area contributed by atoms with E-state index in [2.05, 4.69) is 10.3 Å². The number of halogens is 3. The smallest absolute Gasteiger partial charge is 0.261 e. The Hall–Kier alpha value is -1.79.